The first-order chi connectivity index (χ1) is 12.9. The number of thioether (sulfide) groups is 1. The van der Waals surface area contributed by atoms with Crippen LogP contribution in [0.3, 0.4) is 0 Å². The normalized spacial score (nSPS) is 11.8. The number of thiophene rings is 1. The van der Waals surface area contributed by atoms with Gasteiger partial charge < -0.3 is 16.4 Å². The molecule has 0 saturated carbocycles. The van der Waals surface area contributed by atoms with Crippen LogP contribution in [-0.2, 0) is 4.79 Å². The number of nitrogens with one attached hydrogen (secondary N) is 2. The third-order valence-corrected chi connectivity index (χ3v) is 6.46. The summed E-state index contributed by atoms with van der Waals surface area (Å²) >= 11 is 3.94. The summed E-state index contributed by atoms with van der Waals surface area (Å²) in [6, 6.07) is 9.49. The van der Waals surface area contributed by atoms with Crippen molar-refractivity contribution >= 4 is 62.1 Å². The van der Waals surface area contributed by atoms with Gasteiger partial charge in [0.15, 0.2) is 4.34 Å². The van der Waals surface area contributed by atoms with Crippen molar-refractivity contribution < 1.29 is 9.59 Å². The van der Waals surface area contributed by atoms with E-state index in [1.54, 1.807) is 18.4 Å². The molecule has 1 unspecified atom stereocenters. The summed E-state index contributed by atoms with van der Waals surface area (Å²) in [6.07, 6.45) is 0. The van der Waals surface area contributed by atoms with Crippen LogP contribution in [0.2, 0.25) is 0 Å². The number of hydrogen-bond acceptors (Lipinski definition) is 8. The van der Waals surface area contributed by atoms with Gasteiger partial charge in [-0.15, -0.1) is 21.5 Å². The SMILES string of the molecule is Cc1ccccc1Nc1nnc(SC(C)C(=O)Nc2sccc2C(N)=O)s1. The molecule has 0 aliphatic rings. The molecule has 3 rings (SSSR count). The van der Waals surface area contributed by atoms with E-state index in [9.17, 15) is 9.59 Å². The van der Waals surface area contributed by atoms with Gasteiger partial charge in [-0.05, 0) is 36.9 Å². The average molecular weight is 420 g/mol. The molecule has 140 valence electrons. The first-order valence-electron chi connectivity index (χ1n) is 7.95. The van der Waals surface area contributed by atoms with Crippen molar-refractivity contribution in [2.45, 2.75) is 23.4 Å². The minimum atomic E-state index is -0.567. The maximum absolute atomic E-state index is 12.4. The number of nitrogens with two attached hydrogens (primary N) is 1. The van der Waals surface area contributed by atoms with Crippen molar-refractivity contribution in [2.75, 3.05) is 10.6 Å². The number of anilines is 3. The minimum absolute atomic E-state index is 0.228. The summed E-state index contributed by atoms with van der Waals surface area (Å²) in [5.41, 5.74) is 7.68. The minimum Gasteiger partial charge on any atom is -0.366 e. The van der Waals surface area contributed by atoms with Crippen LogP contribution in [0, 0.1) is 6.92 Å². The summed E-state index contributed by atoms with van der Waals surface area (Å²) < 4.78 is 0.676. The van der Waals surface area contributed by atoms with Crippen molar-refractivity contribution in [3.05, 3.63) is 46.8 Å². The molecule has 3 aromatic rings. The van der Waals surface area contributed by atoms with Crippen LogP contribution in [0.15, 0.2) is 40.1 Å². The molecule has 0 fully saturated rings. The van der Waals surface area contributed by atoms with Gasteiger partial charge in [0.25, 0.3) is 5.91 Å². The molecule has 4 N–H and O–H groups in total. The van der Waals surface area contributed by atoms with E-state index in [2.05, 4.69) is 20.8 Å². The number of benzene rings is 1. The molecule has 0 spiro atoms. The van der Waals surface area contributed by atoms with Crippen LogP contribution in [-0.4, -0.2) is 27.3 Å². The summed E-state index contributed by atoms with van der Waals surface area (Å²) in [7, 11) is 0. The lowest BCUT2D eigenvalue weighted by Crippen LogP contribution is -2.23. The van der Waals surface area contributed by atoms with Gasteiger partial charge in [0.1, 0.15) is 5.00 Å². The number of hydrogen-bond donors (Lipinski definition) is 3. The van der Waals surface area contributed by atoms with E-state index >= 15 is 0 Å². The molecule has 0 aliphatic carbocycles. The van der Waals surface area contributed by atoms with Gasteiger partial charge in [-0.2, -0.15) is 0 Å². The molecule has 0 aliphatic heterocycles. The lowest BCUT2D eigenvalue weighted by molar-refractivity contribution is -0.115. The third-order valence-electron chi connectivity index (χ3n) is 3.61. The fourth-order valence-electron chi connectivity index (χ4n) is 2.15. The molecular weight excluding hydrogens is 402 g/mol. The quantitative estimate of drug-likeness (QED) is 0.502. The largest absolute Gasteiger partial charge is 0.366 e. The van der Waals surface area contributed by atoms with Crippen LogP contribution in [0.5, 0.6) is 0 Å². The standard InChI is InChI=1S/C17H17N5O2S3/c1-9-5-3-4-6-12(9)19-16-21-22-17(27-16)26-10(2)14(24)20-15-11(13(18)23)7-8-25-15/h3-8,10H,1-2H3,(H2,18,23)(H,19,21)(H,20,24). The molecule has 2 heterocycles. The maximum Gasteiger partial charge on any atom is 0.251 e. The van der Waals surface area contributed by atoms with E-state index in [0.717, 1.165) is 11.3 Å². The second kappa shape index (κ2) is 8.51. The van der Waals surface area contributed by atoms with Gasteiger partial charge in [-0.1, -0.05) is 41.3 Å². The Morgan fingerprint density at radius 3 is 2.74 bits per heavy atom. The van der Waals surface area contributed by atoms with Crippen molar-refractivity contribution in [3.8, 4) is 0 Å². The van der Waals surface area contributed by atoms with E-state index in [0.29, 0.717) is 20.0 Å². The van der Waals surface area contributed by atoms with E-state index in [-0.39, 0.29) is 5.91 Å². The van der Waals surface area contributed by atoms with E-state index in [1.807, 2.05) is 31.2 Å². The Labute approximate surface area is 168 Å². The number of aryl methyl sites for hydroxylation is 1. The van der Waals surface area contributed by atoms with Crippen LogP contribution in [0.4, 0.5) is 15.8 Å². The van der Waals surface area contributed by atoms with Crippen molar-refractivity contribution in [1.29, 1.82) is 0 Å². The zero-order chi connectivity index (χ0) is 19.4. The molecule has 10 heteroatoms. The van der Waals surface area contributed by atoms with Crippen molar-refractivity contribution in [2.24, 2.45) is 5.73 Å². The molecule has 0 radical (unpaired) electrons. The summed E-state index contributed by atoms with van der Waals surface area (Å²) in [5, 5.41) is 16.6. The Hall–Kier alpha value is -2.43. The van der Waals surface area contributed by atoms with Crippen LogP contribution >= 0.6 is 34.4 Å². The van der Waals surface area contributed by atoms with Gasteiger partial charge in [0.05, 0.1) is 10.8 Å². The van der Waals surface area contributed by atoms with Gasteiger partial charge in [0, 0.05) is 5.69 Å². The second-order valence-electron chi connectivity index (χ2n) is 5.59. The number of primary amides is 1. The summed E-state index contributed by atoms with van der Waals surface area (Å²) in [5.74, 6) is -0.795. The summed E-state index contributed by atoms with van der Waals surface area (Å²) in [4.78, 5) is 23.7. The third kappa shape index (κ3) is 4.85. The average Bonchev–Trinajstić information content (AvgIpc) is 3.26. The van der Waals surface area contributed by atoms with Gasteiger partial charge in [-0.25, -0.2) is 0 Å². The van der Waals surface area contributed by atoms with Crippen LogP contribution in [0.1, 0.15) is 22.8 Å². The number of carbonyl (C=O) groups is 2. The number of rotatable bonds is 7. The molecule has 2 amide bonds. The Morgan fingerprint density at radius 1 is 1.22 bits per heavy atom. The van der Waals surface area contributed by atoms with Crippen molar-refractivity contribution in [3.63, 3.8) is 0 Å². The molecule has 7 nitrogen and oxygen atoms in total. The molecular formula is C17H17N5O2S3. The fourth-order valence-corrected chi connectivity index (χ4v) is 4.86. The predicted molar refractivity (Wildman–Crippen MR) is 111 cm³/mol. The zero-order valence-electron chi connectivity index (χ0n) is 14.6. The lowest BCUT2D eigenvalue weighted by atomic mass is 10.2. The van der Waals surface area contributed by atoms with Crippen molar-refractivity contribution in [1.82, 2.24) is 10.2 Å². The first-order valence-corrected chi connectivity index (χ1v) is 10.5. The smallest absolute Gasteiger partial charge is 0.251 e. The van der Waals surface area contributed by atoms with E-state index in [1.165, 1.54) is 34.4 Å². The van der Waals surface area contributed by atoms with E-state index in [4.69, 9.17) is 5.73 Å². The maximum atomic E-state index is 12.4. The van der Waals surface area contributed by atoms with Crippen LogP contribution in [0.25, 0.3) is 0 Å². The Morgan fingerprint density at radius 2 is 2.00 bits per heavy atom. The number of aromatic nitrogens is 2. The lowest BCUT2D eigenvalue weighted by Gasteiger charge is -2.09. The first kappa shape index (κ1) is 19.3. The second-order valence-corrected chi connectivity index (χ2v) is 9.07. The molecule has 0 bridgehead atoms. The number of carbonyl (C=O) groups excluding carboxylic acids is 2. The molecule has 27 heavy (non-hydrogen) atoms. The van der Waals surface area contributed by atoms with Gasteiger partial charge >= 0.3 is 0 Å². The predicted octanol–water partition coefficient (Wildman–Crippen LogP) is 3.87. The highest BCUT2D eigenvalue weighted by Gasteiger charge is 2.20. The zero-order valence-corrected chi connectivity index (χ0v) is 17.0. The molecule has 1 aromatic carbocycles. The van der Waals surface area contributed by atoms with Crippen LogP contribution < -0.4 is 16.4 Å². The Kier molecular flexibility index (Phi) is 6.09. The highest BCUT2D eigenvalue weighted by atomic mass is 32.2. The number of amides is 2. The molecule has 2 aromatic heterocycles. The number of nitrogens with zero attached hydrogens (tertiary/aromatic N) is 2. The Bertz CT molecular complexity index is 969. The van der Waals surface area contributed by atoms with Gasteiger partial charge in [0.2, 0.25) is 11.0 Å². The highest BCUT2D eigenvalue weighted by Crippen LogP contribution is 2.32. The van der Waals surface area contributed by atoms with E-state index < -0.39 is 11.2 Å². The topological polar surface area (TPSA) is 110 Å². The summed E-state index contributed by atoms with van der Waals surface area (Å²) in [6.45, 7) is 3.78. The monoisotopic (exact) mass is 419 g/mol. The number of para-hydroxylation sites is 1. The fraction of sp³-hybridized carbons (Fsp3) is 0.176. The highest BCUT2D eigenvalue weighted by molar-refractivity contribution is 8.02. The Balaban J connectivity index is 1.61. The van der Waals surface area contributed by atoms with Gasteiger partial charge in [-0.3, -0.25) is 9.59 Å². The molecule has 1 atom stereocenters. The molecule has 0 saturated heterocycles.